The van der Waals surface area contributed by atoms with Crippen molar-refractivity contribution in [3.05, 3.63) is 54.4 Å². The Labute approximate surface area is 183 Å². The molecule has 31 heavy (non-hydrogen) atoms. The van der Waals surface area contributed by atoms with Gasteiger partial charge in [-0.1, -0.05) is 43.2 Å². The van der Waals surface area contributed by atoms with E-state index in [0.717, 1.165) is 50.3 Å². The van der Waals surface area contributed by atoms with Gasteiger partial charge in [0.1, 0.15) is 0 Å². The number of benzene rings is 1. The van der Waals surface area contributed by atoms with Crippen molar-refractivity contribution in [1.82, 2.24) is 20.3 Å². The number of amides is 2. The summed E-state index contributed by atoms with van der Waals surface area (Å²) in [4.78, 5) is 42.0. The molecule has 2 heterocycles. The lowest BCUT2D eigenvalue weighted by Gasteiger charge is -2.34. The minimum absolute atomic E-state index is 0.104. The predicted molar refractivity (Wildman–Crippen MR) is 118 cm³/mol. The maximum Gasteiger partial charge on any atom is 0.243 e. The van der Waals surface area contributed by atoms with Crippen LogP contribution in [-0.4, -0.2) is 52.9 Å². The van der Waals surface area contributed by atoms with Crippen LogP contribution in [0.4, 0.5) is 5.95 Å². The SMILES string of the molecule is O=C(CCCCCCC(=O)N1CCN(c2ncccn2)CC1)NOCc1ccccc1. The fourth-order valence-electron chi connectivity index (χ4n) is 3.51. The van der Waals surface area contributed by atoms with Crippen LogP contribution in [0.1, 0.15) is 44.1 Å². The lowest BCUT2D eigenvalue weighted by molar-refractivity contribution is -0.135. The summed E-state index contributed by atoms with van der Waals surface area (Å²) < 4.78 is 0. The van der Waals surface area contributed by atoms with Crippen molar-refractivity contribution in [1.29, 1.82) is 0 Å². The van der Waals surface area contributed by atoms with Gasteiger partial charge in [-0.15, -0.1) is 0 Å². The smallest absolute Gasteiger partial charge is 0.243 e. The van der Waals surface area contributed by atoms with Crippen molar-refractivity contribution in [2.45, 2.75) is 45.1 Å². The Balaban J connectivity index is 1.19. The number of aromatic nitrogens is 2. The molecule has 8 heteroatoms. The zero-order valence-electron chi connectivity index (χ0n) is 17.9. The number of hydroxylamine groups is 1. The first-order valence-electron chi connectivity index (χ1n) is 11.0. The lowest BCUT2D eigenvalue weighted by Crippen LogP contribution is -2.49. The second kappa shape index (κ2) is 12.6. The lowest BCUT2D eigenvalue weighted by atomic mass is 10.1. The molecule has 1 aliphatic heterocycles. The molecular weight excluding hydrogens is 394 g/mol. The van der Waals surface area contributed by atoms with Crippen LogP contribution in [-0.2, 0) is 21.0 Å². The highest BCUT2D eigenvalue weighted by Gasteiger charge is 2.21. The topological polar surface area (TPSA) is 87.7 Å². The maximum atomic E-state index is 12.4. The van der Waals surface area contributed by atoms with Crippen molar-refractivity contribution in [2.75, 3.05) is 31.1 Å². The van der Waals surface area contributed by atoms with Gasteiger partial charge in [-0.25, -0.2) is 15.4 Å². The molecule has 1 aliphatic rings. The highest BCUT2D eigenvalue weighted by Crippen LogP contribution is 2.12. The molecule has 2 aromatic rings. The summed E-state index contributed by atoms with van der Waals surface area (Å²) in [5.41, 5.74) is 3.50. The first kappa shape index (κ1) is 22.7. The van der Waals surface area contributed by atoms with Gasteiger partial charge in [-0.2, -0.15) is 0 Å². The molecule has 1 saturated heterocycles. The van der Waals surface area contributed by atoms with E-state index in [0.29, 0.717) is 32.5 Å². The Hall–Kier alpha value is -3.00. The van der Waals surface area contributed by atoms with E-state index in [2.05, 4.69) is 20.3 Å². The molecule has 2 amide bonds. The fraction of sp³-hybridized carbons (Fsp3) is 0.478. The third kappa shape index (κ3) is 7.97. The second-order valence-electron chi connectivity index (χ2n) is 7.63. The standard InChI is InChI=1S/C23H31N5O3/c29-21(26-31-19-20-9-4-3-5-10-20)11-6-1-2-7-12-22(30)27-15-17-28(18-16-27)23-24-13-8-14-25-23/h3-5,8-10,13-14H,1-2,6-7,11-12,15-19H2,(H,26,29). The molecule has 166 valence electrons. The third-order valence-electron chi connectivity index (χ3n) is 5.28. The average Bonchev–Trinajstić information content (AvgIpc) is 2.82. The van der Waals surface area contributed by atoms with Crippen LogP contribution < -0.4 is 10.4 Å². The molecule has 0 unspecified atom stereocenters. The highest BCUT2D eigenvalue weighted by atomic mass is 16.6. The summed E-state index contributed by atoms with van der Waals surface area (Å²) in [7, 11) is 0. The normalized spacial score (nSPS) is 13.8. The van der Waals surface area contributed by atoms with Crippen LogP contribution in [0.5, 0.6) is 0 Å². The molecule has 0 radical (unpaired) electrons. The second-order valence-corrected chi connectivity index (χ2v) is 7.63. The number of rotatable bonds is 11. The molecule has 0 bridgehead atoms. The van der Waals surface area contributed by atoms with Crippen LogP contribution in [0, 0.1) is 0 Å². The monoisotopic (exact) mass is 425 g/mol. The average molecular weight is 426 g/mol. The first-order valence-corrected chi connectivity index (χ1v) is 11.0. The number of unbranched alkanes of at least 4 members (excludes halogenated alkanes) is 3. The Kier molecular flexibility index (Phi) is 9.25. The van der Waals surface area contributed by atoms with Crippen LogP contribution in [0.2, 0.25) is 0 Å². The highest BCUT2D eigenvalue weighted by molar-refractivity contribution is 5.76. The number of hydrogen-bond donors (Lipinski definition) is 1. The van der Waals surface area contributed by atoms with Gasteiger partial charge in [0.05, 0.1) is 6.61 Å². The van der Waals surface area contributed by atoms with Crippen LogP contribution in [0.3, 0.4) is 0 Å². The summed E-state index contributed by atoms with van der Waals surface area (Å²) in [5, 5.41) is 0. The zero-order chi connectivity index (χ0) is 21.7. The van der Waals surface area contributed by atoms with E-state index in [1.165, 1.54) is 0 Å². The van der Waals surface area contributed by atoms with E-state index in [9.17, 15) is 9.59 Å². The van der Waals surface area contributed by atoms with Crippen LogP contribution in [0.15, 0.2) is 48.8 Å². The summed E-state index contributed by atoms with van der Waals surface area (Å²) in [6, 6.07) is 11.5. The van der Waals surface area contributed by atoms with Crippen molar-refractivity contribution >= 4 is 17.8 Å². The number of nitrogens with zero attached hydrogens (tertiary/aromatic N) is 4. The van der Waals surface area contributed by atoms with Gasteiger partial charge in [-0.05, 0) is 24.5 Å². The van der Waals surface area contributed by atoms with Crippen molar-refractivity contribution in [2.24, 2.45) is 0 Å². The maximum absolute atomic E-state index is 12.4. The summed E-state index contributed by atoms with van der Waals surface area (Å²) in [5.74, 6) is 0.831. The molecule has 8 nitrogen and oxygen atoms in total. The number of anilines is 1. The molecule has 0 saturated carbocycles. The van der Waals surface area contributed by atoms with E-state index < -0.39 is 0 Å². The molecule has 1 N–H and O–H groups in total. The van der Waals surface area contributed by atoms with E-state index in [1.54, 1.807) is 18.5 Å². The number of carbonyl (C=O) groups excluding carboxylic acids is 2. The molecular formula is C23H31N5O3. The fourth-order valence-corrected chi connectivity index (χ4v) is 3.51. The van der Waals surface area contributed by atoms with Gasteiger partial charge in [0.15, 0.2) is 0 Å². The number of carbonyl (C=O) groups is 2. The zero-order valence-corrected chi connectivity index (χ0v) is 17.9. The minimum atomic E-state index is -0.104. The van der Waals surface area contributed by atoms with Crippen molar-refractivity contribution in [3.8, 4) is 0 Å². The van der Waals surface area contributed by atoms with E-state index in [-0.39, 0.29) is 11.8 Å². The summed E-state index contributed by atoms with van der Waals surface area (Å²) in [6.45, 7) is 3.30. The summed E-state index contributed by atoms with van der Waals surface area (Å²) in [6.07, 6.45) is 8.00. The molecule has 1 aromatic heterocycles. The van der Waals surface area contributed by atoms with Crippen LogP contribution in [0.25, 0.3) is 0 Å². The minimum Gasteiger partial charge on any atom is -0.339 e. The first-order chi connectivity index (χ1) is 15.2. The van der Waals surface area contributed by atoms with Gasteiger partial charge >= 0.3 is 0 Å². The van der Waals surface area contributed by atoms with Crippen molar-refractivity contribution in [3.63, 3.8) is 0 Å². The number of hydrogen-bond acceptors (Lipinski definition) is 6. The van der Waals surface area contributed by atoms with Gasteiger partial charge in [0.25, 0.3) is 0 Å². The molecule has 0 aliphatic carbocycles. The Morgan fingerprint density at radius 1 is 0.871 bits per heavy atom. The predicted octanol–water partition coefficient (Wildman–Crippen LogP) is 2.71. The molecule has 1 aromatic carbocycles. The molecule has 0 atom stereocenters. The molecule has 3 rings (SSSR count). The molecule has 0 spiro atoms. The van der Waals surface area contributed by atoms with E-state index in [1.807, 2.05) is 35.2 Å². The van der Waals surface area contributed by atoms with Crippen LogP contribution >= 0.6 is 0 Å². The largest absolute Gasteiger partial charge is 0.339 e. The van der Waals surface area contributed by atoms with Crippen molar-refractivity contribution < 1.29 is 14.4 Å². The Bertz CT molecular complexity index is 795. The van der Waals surface area contributed by atoms with Gasteiger partial charge in [0, 0.05) is 51.4 Å². The van der Waals surface area contributed by atoms with Gasteiger partial charge in [-0.3, -0.25) is 14.4 Å². The number of nitrogens with one attached hydrogen (secondary N) is 1. The molecule has 1 fully saturated rings. The quantitative estimate of drug-likeness (QED) is 0.440. The Morgan fingerprint density at radius 3 is 2.26 bits per heavy atom. The van der Waals surface area contributed by atoms with E-state index >= 15 is 0 Å². The summed E-state index contributed by atoms with van der Waals surface area (Å²) >= 11 is 0. The van der Waals surface area contributed by atoms with Gasteiger partial charge in [0.2, 0.25) is 17.8 Å². The van der Waals surface area contributed by atoms with Gasteiger partial charge < -0.3 is 9.80 Å². The number of piperazine rings is 1. The third-order valence-corrected chi connectivity index (χ3v) is 5.28. The Morgan fingerprint density at radius 2 is 1.55 bits per heavy atom. The van der Waals surface area contributed by atoms with E-state index in [4.69, 9.17) is 4.84 Å².